The standard InChI is InChI=1S/C13H24N2O4/c1-2-19-13(18)11(14)12(17)15(8-9-16)10-6-4-3-5-7-10/h10-11,16H,2-9,14H2,1H3. The van der Waals surface area contributed by atoms with Gasteiger partial charge in [-0.15, -0.1) is 0 Å². The molecule has 19 heavy (non-hydrogen) atoms. The number of nitrogens with zero attached hydrogens (tertiary/aromatic N) is 1. The fourth-order valence-corrected chi connectivity index (χ4v) is 2.48. The average Bonchev–Trinajstić information content (AvgIpc) is 2.44. The predicted octanol–water partition coefficient (Wildman–Crippen LogP) is 0.0304. The largest absolute Gasteiger partial charge is 0.464 e. The molecule has 110 valence electrons. The lowest BCUT2D eigenvalue weighted by molar-refractivity contribution is -0.152. The zero-order valence-corrected chi connectivity index (χ0v) is 11.5. The zero-order valence-electron chi connectivity index (χ0n) is 11.5. The van der Waals surface area contributed by atoms with Gasteiger partial charge < -0.3 is 20.5 Å². The van der Waals surface area contributed by atoms with Crippen LogP contribution >= 0.6 is 0 Å². The number of carbonyl (C=O) groups is 2. The summed E-state index contributed by atoms with van der Waals surface area (Å²) < 4.78 is 4.77. The second-order valence-corrected chi connectivity index (χ2v) is 4.78. The van der Waals surface area contributed by atoms with Gasteiger partial charge in [0, 0.05) is 12.6 Å². The SMILES string of the molecule is CCOC(=O)C(N)C(=O)N(CCO)C1CCCCC1. The quantitative estimate of drug-likeness (QED) is 0.525. The first-order valence-electron chi connectivity index (χ1n) is 6.95. The molecule has 0 saturated heterocycles. The summed E-state index contributed by atoms with van der Waals surface area (Å²) in [5, 5.41) is 9.09. The van der Waals surface area contributed by atoms with Crippen molar-refractivity contribution >= 4 is 11.9 Å². The maximum absolute atomic E-state index is 12.2. The second kappa shape index (κ2) is 8.12. The highest BCUT2D eigenvalue weighted by Gasteiger charge is 2.32. The number of esters is 1. The minimum atomic E-state index is -1.28. The van der Waals surface area contributed by atoms with Gasteiger partial charge in [-0.2, -0.15) is 0 Å². The molecule has 0 aromatic rings. The van der Waals surface area contributed by atoms with Crippen molar-refractivity contribution in [1.82, 2.24) is 4.90 Å². The van der Waals surface area contributed by atoms with Crippen molar-refractivity contribution in [3.8, 4) is 0 Å². The van der Waals surface area contributed by atoms with Crippen LogP contribution in [0.4, 0.5) is 0 Å². The zero-order chi connectivity index (χ0) is 14.3. The molecule has 6 nitrogen and oxygen atoms in total. The summed E-state index contributed by atoms with van der Waals surface area (Å²) in [5.41, 5.74) is 5.64. The topological polar surface area (TPSA) is 92.9 Å². The van der Waals surface area contributed by atoms with Crippen LogP contribution in [0.5, 0.6) is 0 Å². The lowest BCUT2D eigenvalue weighted by atomic mass is 9.93. The van der Waals surface area contributed by atoms with E-state index in [0.29, 0.717) is 0 Å². The maximum atomic E-state index is 12.2. The van der Waals surface area contributed by atoms with Gasteiger partial charge in [-0.05, 0) is 19.8 Å². The summed E-state index contributed by atoms with van der Waals surface area (Å²) in [4.78, 5) is 25.3. The van der Waals surface area contributed by atoms with Crippen molar-refractivity contribution < 1.29 is 19.4 Å². The Balaban J connectivity index is 2.68. The fraction of sp³-hybridized carbons (Fsp3) is 0.846. The highest BCUT2D eigenvalue weighted by molar-refractivity contribution is 6.01. The second-order valence-electron chi connectivity index (χ2n) is 4.78. The molecular weight excluding hydrogens is 248 g/mol. The van der Waals surface area contributed by atoms with Crippen LogP contribution in [0.25, 0.3) is 0 Å². The van der Waals surface area contributed by atoms with Gasteiger partial charge in [0.1, 0.15) is 0 Å². The Bertz CT molecular complexity index is 303. The van der Waals surface area contributed by atoms with E-state index < -0.39 is 17.9 Å². The van der Waals surface area contributed by atoms with Gasteiger partial charge in [-0.1, -0.05) is 19.3 Å². The summed E-state index contributed by atoms with van der Waals surface area (Å²) in [6, 6.07) is -1.21. The van der Waals surface area contributed by atoms with E-state index in [1.165, 1.54) is 6.42 Å². The molecular formula is C13H24N2O4. The van der Waals surface area contributed by atoms with Gasteiger partial charge >= 0.3 is 5.97 Å². The first kappa shape index (κ1) is 15.9. The molecule has 0 heterocycles. The van der Waals surface area contributed by atoms with Crippen LogP contribution in [-0.2, 0) is 14.3 Å². The molecule has 3 N–H and O–H groups in total. The van der Waals surface area contributed by atoms with Crippen LogP contribution in [0.15, 0.2) is 0 Å². The molecule has 0 aliphatic heterocycles. The summed E-state index contributed by atoms with van der Waals surface area (Å²) in [6.07, 6.45) is 5.10. The average molecular weight is 272 g/mol. The first-order valence-corrected chi connectivity index (χ1v) is 6.95. The van der Waals surface area contributed by atoms with Gasteiger partial charge in [-0.3, -0.25) is 4.79 Å². The van der Waals surface area contributed by atoms with Gasteiger partial charge in [0.05, 0.1) is 13.2 Å². The third kappa shape index (κ3) is 4.47. The molecule has 1 amide bonds. The normalized spacial score (nSPS) is 17.8. The number of carbonyl (C=O) groups excluding carboxylic acids is 2. The molecule has 1 atom stereocenters. The molecule has 1 rings (SSSR count). The van der Waals surface area contributed by atoms with Gasteiger partial charge in [0.25, 0.3) is 5.91 Å². The number of nitrogens with two attached hydrogens (primary N) is 1. The molecule has 0 spiro atoms. The van der Waals surface area contributed by atoms with E-state index in [1.54, 1.807) is 11.8 Å². The monoisotopic (exact) mass is 272 g/mol. The van der Waals surface area contributed by atoms with E-state index in [2.05, 4.69) is 0 Å². The van der Waals surface area contributed by atoms with Crippen LogP contribution in [-0.4, -0.2) is 53.7 Å². The van der Waals surface area contributed by atoms with Gasteiger partial charge in [0.2, 0.25) is 0 Å². The van der Waals surface area contributed by atoms with Gasteiger partial charge in [-0.25, -0.2) is 4.79 Å². The molecule has 1 aliphatic rings. The van der Waals surface area contributed by atoms with E-state index in [1.807, 2.05) is 0 Å². The van der Waals surface area contributed by atoms with Crippen LogP contribution < -0.4 is 5.73 Å². The van der Waals surface area contributed by atoms with Crippen molar-refractivity contribution in [2.75, 3.05) is 19.8 Å². The van der Waals surface area contributed by atoms with E-state index in [9.17, 15) is 9.59 Å². The van der Waals surface area contributed by atoms with Crippen molar-refractivity contribution in [1.29, 1.82) is 0 Å². The number of hydrogen-bond acceptors (Lipinski definition) is 5. The molecule has 0 aromatic heterocycles. The lowest BCUT2D eigenvalue weighted by Crippen LogP contribution is -2.53. The molecule has 6 heteroatoms. The highest BCUT2D eigenvalue weighted by Crippen LogP contribution is 2.22. The molecule has 1 unspecified atom stereocenters. The van der Waals surface area contributed by atoms with Crippen molar-refractivity contribution in [2.24, 2.45) is 5.73 Å². The molecule has 1 aliphatic carbocycles. The number of rotatable bonds is 6. The number of ether oxygens (including phenoxy) is 1. The molecule has 1 saturated carbocycles. The number of amides is 1. The lowest BCUT2D eigenvalue weighted by Gasteiger charge is -2.35. The Hall–Kier alpha value is -1.14. The van der Waals surface area contributed by atoms with E-state index in [0.717, 1.165) is 25.7 Å². The third-order valence-electron chi connectivity index (χ3n) is 3.45. The Labute approximate surface area is 113 Å². The number of aliphatic hydroxyl groups excluding tert-OH is 1. The van der Waals surface area contributed by atoms with Gasteiger partial charge in [0.15, 0.2) is 6.04 Å². The highest BCUT2D eigenvalue weighted by atomic mass is 16.5. The summed E-state index contributed by atoms with van der Waals surface area (Å²) in [6.45, 7) is 1.96. The molecule has 1 fully saturated rings. The Morgan fingerprint density at radius 3 is 2.53 bits per heavy atom. The van der Waals surface area contributed by atoms with E-state index >= 15 is 0 Å². The van der Waals surface area contributed by atoms with Crippen LogP contribution in [0.2, 0.25) is 0 Å². The Morgan fingerprint density at radius 2 is 2.00 bits per heavy atom. The van der Waals surface area contributed by atoms with Crippen LogP contribution in [0.1, 0.15) is 39.0 Å². The number of aliphatic hydroxyl groups is 1. The molecule has 0 bridgehead atoms. The summed E-state index contributed by atoms with van der Waals surface area (Å²) in [7, 11) is 0. The van der Waals surface area contributed by atoms with E-state index in [-0.39, 0.29) is 25.8 Å². The minimum absolute atomic E-state index is 0.0777. The Kier molecular flexibility index (Phi) is 6.80. The third-order valence-corrected chi connectivity index (χ3v) is 3.45. The van der Waals surface area contributed by atoms with Crippen molar-refractivity contribution in [2.45, 2.75) is 51.1 Å². The molecule has 0 radical (unpaired) electrons. The summed E-state index contributed by atoms with van der Waals surface area (Å²) in [5.74, 6) is -1.15. The minimum Gasteiger partial charge on any atom is -0.464 e. The van der Waals surface area contributed by atoms with E-state index in [4.69, 9.17) is 15.6 Å². The first-order chi connectivity index (χ1) is 9.11. The van der Waals surface area contributed by atoms with Crippen LogP contribution in [0, 0.1) is 0 Å². The number of hydrogen-bond donors (Lipinski definition) is 2. The summed E-state index contributed by atoms with van der Waals surface area (Å²) >= 11 is 0. The van der Waals surface area contributed by atoms with Crippen molar-refractivity contribution in [3.63, 3.8) is 0 Å². The predicted molar refractivity (Wildman–Crippen MR) is 70.3 cm³/mol. The molecule has 0 aromatic carbocycles. The van der Waals surface area contributed by atoms with Crippen molar-refractivity contribution in [3.05, 3.63) is 0 Å². The smallest absolute Gasteiger partial charge is 0.332 e. The maximum Gasteiger partial charge on any atom is 0.332 e. The Morgan fingerprint density at radius 1 is 1.37 bits per heavy atom. The fourth-order valence-electron chi connectivity index (χ4n) is 2.48. The van der Waals surface area contributed by atoms with Crippen LogP contribution in [0.3, 0.4) is 0 Å².